The van der Waals surface area contributed by atoms with Crippen LogP contribution in [0.1, 0.15) is 236 Å². The van der Waals surface area contributed by atoms with Crippen LogP contribution in [0.2, 0.25) is 0 Å². The van der Waals surface area contributed by atoms with Gasteiger partial charge in [-0.05, 0) is 160 Å². The van der Waals surface area contributed by atoms with Gasteiger partial charge >= 0.3 is 0 Å². The molecule has 0 saturated carbocycles. The predicted molar refractivity (Wildman–Crippen MR) is 527 cm³/mol. The average molecular weight is 2480 g/mol. The SMILES string of the molecule is Cc1ccccc1-c1nnc(-c2[c-]c(C#N)ccc2)n1-c1c(C(C)C)cccc1C(C)C.[C-]#[N+]c1cc(CN)[c-]c(-c2nnc(-c3ccccc3C)n2-c2c(C(C)C)cccc2C(C)C)c1.[C-]#[N+]c1cc[c-]c(-c2nnc(-c3ccccc3C)n2-c2c(C(C)C)cccc2C(C)C)c1.[C-]#[N+]c1ccc(C)c(-c2nnc(-c3[c-]cccc3)n2-c2c(C(C)C)cccc2C(C)C)c1.[Ir].[Ir].[Ir].[Ir]. The Balaban J connectivity index is 0.000000199. The van der Waals surface area contributed by atoms with E-state index in [0.717, 1.165) is 124 Å². The van der Waals surface area contributed by atoms with Crippen molar-refractivity contribution >= 4 is 17.1 Å². The quantitative estimate of drug-likeness (QED) is 0.0679. The molecule has 2 N–H and O–H groups in total. The fourth-order valence-corrected chi connectivity index (χ4v) is 16.6. The summed E-state index contributed by atoms with van der Waals surface area (Å²) >= 11 is 0. The molecule has 0 saturated heterocycles. The predicted octanol–water partition coefficient (Wildman–Crippen LogP) is 28.8. The maximum Gasteiger partial charge on any atom is 0.187 e. The van der Waals surface area contributed by atoms with Crippen molar-refractivity contribution in [1.82, 2.24) is 59.1 Å². The second kappa shape index (κ2) is 47.6. The Hall–Kier alpha value is -12.3. The van der Waals surface area contributed by atoms with Gasteiger partial charge in [0.1, 0.15) is 17.2 Å². The summed E-state index contributed by atoms with van der Waals surface area (Å²) in [7, 11) is 0. The van der Waals surface area contributed by atoms with Crippen molar-refractivity contribution in [2.75, 3.05) is 0 Å². The molecule has 688 valence electrons. The van der Waals surface area contributed by atoms with Gasteiger partial charge in [-0.2, -0.15) is 26.5 Å². The van der Waals surface area contributed by atoms with Crippen LogP contribution >= 0.6 is 0 Å². The summed E-state index contributed by atoms with van der Waals surface area (Å²) in [4.78, 5) is 10.9. The second-order valence-electron chi connectivity index (χ2n) is 35.2. The topological polar surface area (TPSA) is 186 Å². The summed E-state index contributed by atoms with van der Waals surface area (Å²) < 4.78 is 8.67. The van der Waals surface area contributed by atoms with Crippen molar-refractivity contribution in [3.05, 3.63) is 373 Å². The minimum Gasteiger partial charge on any atom is -0.328 e. The van der Waals surface area contributed by atoms with Crippen LogP contribution in [0.25, 0.3) is 128 Å². The largest absolute Gasteiger partial charge is 0.328 e. The summed E-state index contributed by atoms with van der Waals surface area (Å²) in [6.45, 7) is 66.5. The van der Waals surface area contributed by atoms with Crippen LogP contribution in [0.15, 0.2) is 237 Å². The molecule has 0 amide bonds. The Morgan fingerprint density at radius 2 is 0.597 bits per heavy atom. The Labute approximate surface area is 845 Å². The minimum absolute atomic E-state index is 0. The Morgan fingerprint density at radius 1 is 0.299 bits per heavy atom. The molecule has 0 spiro atoms. The van der Waals surface area contributed by atoms with E-state index in [4.69, 9.17) is 30.5 Å². The van der Waals surface area contributed by atoms with E-state index in [-0.39, 0.29) is 80.4 Å². The minimum atomic E-state index is 0. The summed E-state index contributed by atoms with van der Waals surface area (Å²) in [5.41, 5.74) is 34.8. The third-order valence-corrected chi connectivity index (χ3v) is 23.4. The number of hydrogen-bond acceptors (Lipinski definition) is 10. The van der Waals surface area contributed by atoms with E-state index in [1.165, 1.54) is 44.5 Å². The number of aromatic nitrogens is 12. The third-order valence-electron chi connectivity index (χ3n) is 23.4. The molecule has 21 heteroatoms. The van der Waals surface area contributed by atoms with Crippen LogP contribution in [-0.2, 0) is 87.0 Å². The maximum atomic E-state index is 9.42. The molecule has 0 aliphatic carbocycles. The normalized spacial score (nSPS) is 10.9. The Kier molecular flexibility index (Phi) is 37.4. The zero-order chi connectivity index (χ0) is 92.9. The van der Waals surface area contributed by atoms with Crippen molar-refractivity contribution in [1.29, 1.82) is 5.26 Å². The smallest absolute Gasteiger partial charge is 0.187 e. The molecule has 0 bridgehead atoms. The molecule has 17 nitrogen and oxygen atoms in total. The van der Waals surface area contributed by atoms with Gasteiger partial charge in [-0.25, -0.2) is 10.1 Å². The number of hydrogen-bond donors (Lipinski definition) is 1. The maximum absolute atomic E-state index is 9.42. The third kappa shape index (κ3) is 22.9. The average Bonchev–Trinajstić information content (AvgIpc) is 1.60. The van der Waals surface area contributed by atoms with Gasteiger partial charge in [0.2, 0.25) is 0 Å². The first kappa shape index (κ1) is 105. The number of benzene rings is 12. The van der Waals surface area contributed by atoms with Gasteiger partial charge in [-0.1, -0.05) is 280 Å². The van der Waals surface area contributed by atoms with E-state index in [9.17, 15) is 5.26 Å². The first-order valence-corrected chi connectivity index (χ1v) is 44.6. The molecule has 0 aliphatic heterocycles. The molecule has 4 radical (unpaired) electrons. The van der Waals surface area contributed by atoms with Crippen LogP contribution < -0.4 is 5.73 Å². The van der Waals surface area contributed by atoms with Gasteiger partial charge in [-0.15, -0.1) is 134 Å². The monoisotopic (exact) mass is 2480 g/mol. The first-order chi connectivity index (χ1) is 62.6. The van der Waals surface area contributed by atoms with Crippen LogP contribution in [0.5, 0.6) is 0 Å². The molecule has 0 fully saturated rings. The van der Waals surface area contributed by atoms with Crippen molar-refractivity contribution in [3.8, 4) is 120 Å². The van der Waals surface area contributed by atoms with Crippen LogP contribution in [-0.4, -0.2) is 59.1 Å². The molecule has 134 heavy (non-hydrogen) atoms. The summed E-state index contributed by atoms with van der Waals surface area (Å²) in [5, 5.41) is 46.7. The molecule has 0 atom stereocenters. The van der Waals surface area contributed by atoms with Crippen molar-refractivity contribution < 1.29 is 80.4 Å². The second-order valence-corrected chi connectivity index (χ2v) is 35.2. The molecule has 4 aromatic heterocycles. The Bertz CT molecular complexity index is 6560. The first-order valence-electron chi connectivity index (χ1n) is 44.6. The summed E-state index contributed by atoms with van der Waals surface area (Å²) in [5.74, 6) is 8.44. The summed E-state index contributed by atoms with van der Waals surface area (Å²) in [6, 6.07) is 94.3. The molecule has 4 heterocycles. The number of nitriles is 1. The molecule has 16 rings (SSSR count). The molecular weight excluding hydrogens is 2360 g/mol. The molecule has 16 aromatic rings. The zero-order valence-electron chi connectivity index (χ0n) is 79.4. The van der Waals surface area contributed by atoms with E-state index in [1.807, 2.05) is 110 Å². The van der Waals surface area contributed by atoms with E-state index in [2.05, 4.69) is 340 Å². The molecule has 0 aliphatic rings. The van der Waals surface area contributed by atoms with E-state index in [1.54, 1.807) is 24.3 Å². The number of nitrogens with two attached hydrogens (primary N) is 1. The molecule has 0 unspecified atom stereocenters. The van der Waals surface area contributed by atoms with Crippen molar-refractivity contribution in [2.45, 2.75) is 192 Å². The van der Waals surface area contributed by atoms with Gasteiger partial charge in [0.15, 0.2) is 29.0 Å². The van der Waals surface area contributed by atoms with Gasteiger partial charge in [-0.3, -0.25) is 9.69 Å². The number of rotatable bonds is 21. The van der Waals surface area contributed by atoms with Gasteiger partial charge in [0.05, 0.1) is 37.2 Å². The van der Waals surface area contributed by atoms with Crippen LogP contribution in [0, 0.1) is 83.0 Å². The number of nitrogens with zero attached hydrogens (tertiary/aromatic N) is 16. The zero-order valence-corrected chi connectivity index (χ0v) is 89.0. The van der Waals surface area contributed by atoms with Gasteiger partial charge < -0.3 is 24.0 Å². The van der Waals surface area contributed by atoms with Crippen LogP contribution in [0.4, 0.5) is 17.1 Å². The van der Waals surface area contributed by atoms with E-state index >= 15 is 0 Å². The van der Waals surface area contributed by atoms with Gasteiger partial charge in [0, 0.05) is 125 Å². The Morgan fingerprint density at radius 3 is 0.940 bits per heavy atom. The van der Waals surface area contributed by atoms with Crippen LogP contribution in [0.3, 0.4) is 0 Å². The standard InChI is InChI=1S/C29H30N5.3C28H27N4.4Ir/c1-18(2)24-12-9-13-25(19(3)4)27(24)34-28(22-14-21(17-30)15-23(16-22)31-6)32-33-29(34)26-11-8-7-10-20(26)5;1-18(2)23-15-10-16-24(19(3)4)26(23)32-27(21-12-9-13-22(17-21)29-6)30-31-28(32)25-14-8-7-11-20(25)5;1-18(2)23-13-10-14-24(19(3)4)26(23)32-27(21-11-8-7-9-12-21)30-31-28(32)25-17-22(29-6)16-15-20(25)5;1-18(2)23-14-9-15-24(19(3)4)26(23)32-27(22-12-8-11-21(16-22)17-29)30-31-28(32)25-13-7-6-10-20(25)5;;;;/h7-13,15-16,18-19H,17,30H2,1-5H3;2*7-11,13-19H,1-5H3;6-15,18-19H,1-5H3;;;;/q4*-1;;;;. The van der Waals surface area contributed by atoms with E-state index in [0.29, 0.717) is 94.0 Å². The molecule has 12 aromatic carbocycles. The van der Waals surface area contributed by atoms with E-state index < -0.39 is 0 Å². The van der Waals surface area contributed by atoms with Gasteiger partial charge in [0.25, 0.3) is 0 Å². The molecular formula is C113H111Ir4N17-4. The number of aryl methyl sites for hydroxylation is 4. The fraction of sp³-hybridized carbons (Fsp3) is 0.257. The fourth-order valence-electron chi connectivity index (χ4n) is 16.6. The van der Waals surface area contributed by atoms with Crippen molar-refractivity contribution in [2.24, 2.45) is 5.73 Å². The summed E-state index contributed by atoms with van der Waals surface area (Å²) in [6.07, 6.45) is 0. The number of para-hydroxylation sites is 4. The van der Waals surface area contributed by atoms with Crippen molar-refractivity contribution in [3.63, 3.8) is 0 Å².